The van der Waals surface area contributed by atoms with Crippen LogP contribution in [0.5, 0.6) is 0 Å². The van der Waals surface area contributed by atoms with Gasteiger partial charge in [-0.1, -0.05) is 18.2 Å². The van der Waals surface area contributed by atoms with Crippen LogP contribution in [0.4, 0.5) is 0 Å². The number of nitrogens with one attached hydrogen (secondary N) is 1. The Labute approximate surface area is 100 Å². The number of hydrogen-bond acceptors (Lipinski definition) is 4. The average molecular weight is 232 g/mol. The number of hydrogen-bond donors (Lipinski definition) is 2. The summed E-state index contributed by atoms with van der Waals surface area (Å²) in [6.07, 6.45) is 3.73. The Hall–Kier alpha value is -1.69. The summed E-state index contributed by atoms with van der Waals surface area (Å²) in [5.41, 5.74) is 4.72. The standard InChI is InChI=1S/C12H16N4O/c1-17-9-12(15-13)10-7-14-16(8-10)11-5-3-2-4-6-11/h2-8,12,15H,9,13H2,1H3. The van der Waals surface area contributed by atoms with Gasteiger partial charge in [-0.2, -0.15) is 5.10 Å². The molecule has 90 valence electrons. The van der Waals surface area contributed by atoms with Gasteiger partial charge in [0.1, 0.15) is 0 Å². The second kappa shape index (κ2) is 5.58. The molecule has 1 unspecified atom stereocenters. The van der Waals surface area contributed by atoms with Crippen molar-refractivity contribution in [3.05, 3.63) is 48.3 Å². The second-order valence-electron chi connectivity index (χ2n) is 3.73. The first-order chi connectivity index (χ1) is 8.35. The third kappa shape index (κ3) is 2.71. The summed E-state index contributed by atoms with van der Waals surface area (Å²) >= 11 is 0. The molecule has 2 aromatic rings. The number of aromatic nitrogens is 2. The van der Waals surface area contributed by atoms with Crippen LogP contribution in [0.2, 0.25) is 0 Å². The van der Waals surface area contributed by atoms with Crippen molar-refractivity contribution in [2.24, 2.45) is 5.84 Å². The van der Waals surface area contributed by atoms with Crippen molar-refractivity contribution in [2.45, 2.75) is 6.04 Å². The van der Waals surface area contributed by atoms with E-state index in [1.165, 1.54) is 0 Å². The maximum absolute atomic E-state index is 5.47. The number of nitrogens with zero attached hydrogens (tertiary/aromatic N) is 2. The Kier molecular flexibility index (Phi) is 3.87. The number of methoxy groups -OCH3 is 1. The van der Waals surface area contributed by atoms with Gasteiger partial charge < -0.3 is 4.74 Å². The quantitative estimate of drug-likeness (QED) is 0.597. The third-order valence-electron chi connectivity index (χ3n) is 2.56. The van der Waals surface area contributed by atoms with E-state index in [9.17, 15) is 0 Å². The Morgan fingerprint density at radius 1 is 1.41 bits per heavy atom. The predicted molar refractivity (Wildman–Crippen MR) is 65.5 cm³/mol. The van der Waals surface area contributed by atoms with Crippen molar-refractivity contribution >= 4 is 0 Å². The second-order valence-corrected chi connectivity index (χ2v) is 3.73. The number of hydrazine groups is 1. The molecule has 2 rings (SSSR count). The normalized spacial score (nSPS) is 12.6. The predicted octanol–water partition coefficient (Wildman–Crippen LogP) is 1.02. The van der Waals surface area contributed by atoms with Gasteiger partial charge in [-0.3, -0.25) is 11.3 Å². The largest absolute Gasteiger partial charge is 0.383 e. The summed E-state index contributed by atoms with van der Waals surface area (Å²) in [5.74, 6) is 5.47. The van der Waals surface area contributed by atoms with Crippen LogP contribution in [0.3, 0.4) is 0 Å². The maximum atomic E-state index is 5.47. The monoisotopic (exact) mass is 232 g/mol. The minimum atomic E-state index is -0.0440. The smallest absolute Gasteiger partial charge is 0.0724 e. The number of nitrogens with two attached hydrogens (primary N) is 1. The van der Waals surface area contributed by atoms with Gasteiger partial charge >= 0.3 is 0 Å². The van der Waals surface area contributed by atoms with Gasteiger partial charge in [0.15, 0.2) is 0 Å². The molecule has 0 aliphatic heterocycles. The fourth-order valence-corrected chi connectivity index (χ4v) is 1.65. The van der Waals surface area contributed by atoms with Gasteiger partial charge in [0.05, 0.1) is 24.5 Å². The van der Waals surface area contributed by atoms with E-state index in [1.54, 1.807) is 13.3 Å². The molecule has 0 saturated heterocycles. The van der Waals surface area contributed by atoms with Crippen molar-refractivity contribution in [3.8, 4) is 5.69 Å². The van der Waals surface area contributed by atoms with Crippen molar-refractivity contribution < 1.29 is 4.74 Å². The number of para-hydroxylation sites is 1. The summed E-state index contributed by atoms with van der Waals surface area (Å²) in [6, 6.07) is 9.88. The molecule has 0 aliphatic carbocycles. The minimum absolute atomic E-state index is 0.0440. The van der Waals surface area contributed by atoms with E-state index < -0.39 is 0 Å². The van der Waals surface area contributed by atoms with Crippen LogP contribution in [-0.2, 0) is 4.74 Å². The summed E-state index contributed by atoms with van der Waals surface area (Å²) in [5, 5.41) is 4.30. The van der Waals surface area contributed by atoms with E-state index >= 15 is 0 Å². The molecule has 5 nitrogen and oxygen atoms in total. The van der Waals surface area contributed by atoms with Crippen LogP contribution in [0.25, 0.3) is 5.69 Å². The summed E-state index contributed by atoms with van der Waals surface area (Å²) in [7, 11) is 1.64. The van der Waals surface area contributed by atoms with E-state index in [1.807, 2.05) is 41.2 Å². The molecule has 1 aromatic heterocycles. The molecule has 0 radical (unpaired) electrons. The van der Waals surface area contributed by atoms with Gasteiger partial charge in [0, 0.05) is 18.9 Å². The molecule has 0 bridgehead atoms. The molecule has 0 amide bonds. The lowest BCUT2D eigenvalue weighted by atomic mass is 10.2. The first-order valence-electron chi connectivity index (χ1n) is 5.40. The lowest BCUT2D eigenvalue weighted by Crippen LogP contribution is -2.30. The zero-order chi connectivity index (χ0) is 12.1. The third-order valence-corrected chi connectivity index (χ3v) is 2.56. The fraction of sp³-hybridized carbons (Fsp3) is 0.250. The SMILES string of the molecule is COCC(NN)c1cnn(-c2ccccc2)c1. The van der Waals surface area contributed by atoms with Crippen LogP contribution in [0.1, 0.15) is 11.6 Å². The molecular weight excluding hydrogens is 216 g/mol. The highest BCUT2D eigenvalue weighted by Crippen LogP contribution is 2.14. The van der Waals surface area contributed by atoms with E-state index in [0.717, 1.165) is 11.3 Å². The Morgan fingerprint density at radius 3 is 2.82 bits per heavy atom. The highest BCUT2D eigenvalue weighted by Gasteiger charge is 2.11. The number of rotatable bonds is 5. The van der Waals surface area contributed by atoms with Gasteiger partial charge in [-0.05, 0) is 12.1 Å². The molecule has 5 heteroatoms. The molecular formula is C12H16N4O. The lowest BCUT2D eigenvalue weighted by molar-refractivity contribution is 0.167. The molecule has 0 saturated carbocycles. The number of ether oxygens (including phenoxy) is 1. The molecule has 1 aromatic carbocycles. The molecule has 0 aliphatic rings. The summed E-state index contributed by atoms with van der Waals surface area (Å²) < 4.78 is 6.90. The fourth-order valence-electron chi connectivity index (χ4n) is 1.65. The topological polar surface area (TPSA) is 65.1 Å². The van der Waals surface area contributed by atoms with Gasteiger partial charge in [-0.15, -0.1) is 0 Å². The lowest BCUT2D eigenvalue weighted by Gasteiger charge is -2.12. The summed E-state index contributed by atoms with van der Waals surface area (Å²) in [6.45, 7) is 0.511. The molecule has 3 N–H and O–H groups in total. The van der Waals surface area contributed by atoms with E-state index in [0.29, 0.717) is 6.61 Å². The Balaban J connectivity index is 2.21. The first-order valence-corrected chi connectivity index (χ1v) is 5.40. The van der Waals surface area contributed by atoms with Crippen molar-refractivity contribution in [2.75, 3.05) is 13.7 Å². The molecule has 1 heterocycles. The van der Waals surface area contributed by atoms with Crippen molar-refractivity contribution in [1.82, 2.24) is 15.2 Å². The highest BCUT2D eigenvalue weighted by molar-refractivity contribution is 5.31. The number of benzene rings is 1. The zero-order valence-electron chi connectivity index (χ0n) is 9.71. The van der Waals surface area contributed by atoms with Crippen molar-refractivity contribution in [1.29, 1.82) is 0 Å². The average Bonchev–Trinajstić information content (AvgIpc) is 2.86. The van der Waals surface area contributed by atoms with E-state index in [4.69, 9.17) is 10.6 Å². The molecule has 17 heavy (non-hydrogen) atoms. The zero-order valence-corrected chi connectivity index (χ0v) is 9.71. The van der Waals surface area contributed by atoms with E-state index in [-0.39, 0.29) is 6.04 Å². The van der Waals surface area contributed by atoms with Gasteiger partial charge in [0.2, 0.25) is 0 Å². The molecule has 0 spiro atoms. The minimum Gasteiger partial charge on any atom is -0.383 e. The first kappa shape index (κ1) is 11.8. The maximum Gasteiger partial charge on any atom is 0.0724 e. The van der Waals surface area contributed by atoms with E-state index in [2.05, 4.69) is 10.5 Å². The Morgan fingerprint density at radius 2 is 2.18 bits per heavy atom. The van der Waals surface area contributed by atoms with Crippen LogP contribution in [0, 0.1) is 0 Å². The highest BCUT2D eigenvalue weighted by atomic mass is 16.5. The van der Waals surface area contributed by atoms with Crippen LogP contribution in [-0.4, -0.2) is 23.5 Å². The van der Waals surface area contributed by atoms with Crippen molar-refractivity contribution in [3.63, 3.8) is 0 Å². The van der Waals surface area contributed by atoms with Gasteiger partial charge in [-0.25, -0.2) is 4.68 Å². The van der Waals surface area contributed by atoms with Gasteiger partial charge in [0.25, 0.3) is 0 Å². The van der Waals surface area contributed by atoms with Crippen LogP contribution in [0.15, 0.2) is 42.7 Å². The molecule has 0 fully saturated rings. The molecule has 1 atom stereocenters. The Bertz CT molecular complexity index is 455. The van der Waals surface area contributed by atoms with Crippen LogP contribution >= 0.6 is 0 Å². The van der Waals surface area contributed by atoms with Crippen LogP contribution < -0.4 is 11.3 Å². The summed E-state index contributed by atoms with van der Waals surface area (Å²) in [4.78, 5) is 0.